The molecule has 0 saturated carbocycles. The molecule has 4 heteroatoms. The number of ether oxygens (including phenoxy) is 1. The molecule has 1 amide bonds. The standard InChI is InChI=1S/C16H18N2O2/c1-11(2)18-9-5-7-14(18)16(19)17-13-10-20-15-8-4-3-6-12(13)15/h3-9,11,13H,10H2,1-2H3,(H,17,19). The Bertz CT molecular complexity index is 631. The molecule has 0 saturated heterocycles. The molecule has 3 rings (SSSR count). The molecule has 0 aliphatic carbocycles. The predicted molar refractivity (Wildman–Crippen MR) is 77.0 cm³/mol. The average Bonchev–Trinajstić information content (AvgIpc) is 3.06. The van der Waals surface area contributed by atoms with Crippen molar-refractivity contribution in [1.29, 1.82) is 0 Å². The second kappa shape index (κ2) is 5.04. The molecule has 1 aromatic heterocycles. The SMILES string of the molecule is CC(C)n1cccc1C(=O)NC1COc2ccccc21. The Labute approximate surface area is 118 Å². The van der Waals surface area contributed by atoms with Crippen molar-refractivity contribution in [2.75, 3.05) is 6.61 Å². The third kappa shape index (κ3) is 2.18. The zero-order valence-electron chi connectivity index (χ0n) is 11.7. The summed E-state index contributed by atoms with van der Waals surface area (Å²) < 4.78 is 7.55. The van der Waals surface area contributed by atoms with Gasteiger partial charge in [-0.3, -0.25) is 4.79 Å². The third-order valence-electron chi connectivity index (χ3n) is 3.57. The van der Waals surface area contributed by atoms with Crippen LogP contribution in [0.4, 0.5) is 0 Å². The van der Waals surface area contributed by atoms with Gasteiger partial charge in [0.25, 0.3) is 5.91 Å². The van der Waals surface area contributed by atoms with E-state index in [1.54, 1.807) is 0 Å². The summed E-state index contributed by atoms with van der Waals surface area (Å²) in [4.78, 5) is 12.4. The lowest BCUT2D eigenvalue weighted by Crippen LogP contribution is -2.31. The highest BCUT2D eigenvalue weighted by atomic mass is 16.5. The Morgan fingerprint density at radius 2 is 2.10 bits per heavy atom. The summed E-state index contributed by atoms with van der Waals surface area (Å²) in [5, 5.41) is 3.05. The number of aromatic nitrogens is 1. The van der Waals surface area contributed by atoms with Gasteiger partial charge in [-0.1, -0.05) is 18.2 Å². The number of hydrogen-bond acceptors (Lipinski definition) is 2. The molecule has 1 aliphatic rings. The molecule has 2 heterocycles. The number of nitrogens with one attached hydrogen (secondary N) is 1. The molecule has 1 atom stereocenters. The molecule has 1 unspecified atom stereocenters. The summed E-state index contributed by atoms with van der Waals surface area (Å²) >= 11 is 0. The van der Waals surface area contributed by atoms with Gasteiger partial charge in [0.2, 0.25) is 0 Å². The molecule has 0 fully saturated rings. The van der Waals surface area contributed by atoms with Crippen LogP contribution in [0, 0.1) is 0 Å². The van der Waals surface area contributed by atoms with Gasteiger partial charge >= 0.3 is 0 Å². The molecule has 0 spiro atoms. The van der Waals surface area contributed by atoms with Gasteiger partial charge in [-0.05, 0) is 32.0 Å². The van der Waals surface area contributed by atoms with Gasteiger partial charge in [0, 0.05) is 17.8 Å². The first-order valence-electron chi connectivity index (χ1n) is 6.86. The van der Waals surface area contributed by atoms with Crippen molar-refractivity contribution in [3.05, 3.63) is 53.9 Å². The van der Waals surface area contributed by atoms with Crippen LogP contribution in [0.3, 0.4) is 0 Å². The highest BCUT2D eigenvalue weighted by Crippen LogP contribution is 2.31. The Kier molecular flexibility index (Phi) is 3.22. The zero-order chi connectivity index (χ0) is 14.1. The van der Waals surface area contributed by atoms with E-state index in [4.69, 9.17) is 4.74 Å². The predicted octanol–water partition coefficient (Wildman–Crippen LogP) is 2.93. The van der Waals surface area contributed by atoms with E-state index < -0.39 is 0 Å². The Morgan fingerprint density at radius 1 is 1.30 bits per heavy atom. The normalized spacial score (nSPS) is 16.9. The molecule has 104 valence electrons. The van der Waals surface area contributed by atoms with Crippen LogP contribution in [0.25, 0.3) is 0 Å². The zero-order valence-corrected chi connectivity index (χ0v) is 11.7. The van der Waals surface area contributed by atoms with Crippen molar-refractivity contribution < 1.29 is 9.53 Å². The van der Waals surface area contributed by atoms with Crippen molar-refractivity contribution in [2.24, 2.45) is 0 Å². The summed E-state index contributed by atoms with van der Waals surface area (Å²) in [5.41, 5.74) is 1.73. The first-order valence-corrected chi connectivity index (χ1v) is 6.86. The first kappa shape index (κ1) is 12.8. The smallest absolute Gasteiger partial charge is 0.268 e. The largest absolute Gasteiger partial charge is 0.491 e. The fourth-order valence-electron chi connectivity index (χ4n) is 2.55. The fourth-order valence-corrected chi connectivity index (χ4v) is 2.55. The van der Waals surface area contributed by atoms with Crippen LogP contribution < -0.4 is 10.1 Å². The highest BCUT2D eigenvalue weighted by Gasteiger charge is 2.26. The summed E-state index contributed by atoms with van der Waals surface area (Å²) in [6, 6.07) is 11.8. The van der Waals surface area contributed by atoms with Crippen molar-refractivity contribution in [1.82, 2.24) is 9.88 Å². The van der Waals surface area contributed by atoms with E-state index in [0.29, 0.717) is 12.3 Å². The molecule has 2 aromatic rings. The van der Waals surface area contributed by atoms with Crippen molar-refractivity contribution in [3.8, 4) is 5.75 Å². The molecule has 1 aliphatic heterocycles. The number of carbonyl (C=O) groups is 1. The molecule has 0 bridgehead atoms. The van der Waals surface area contributed by atoms with Crippen LogP contribution in [-0.2, 0) is 0 Å². The summed E-state index contributed by atoms with van der Waals surface area (Å²) in [6.07, 6.45) is 1.93. The summed E-state index contributed by atoms with van der Waals surface area (Å²) in [5.74, 6) is 0.797. The first-order chi connectivity index (χ1) is 9.66. The number of nitrogens with zero attached hydrogens (tertiary/aromatic N) is 1. The minimum atomic E-state index is -0.0748. The van der Waals surface area contributed by atoms with Crippen LogP contribution in [0.15, 0.2) is 42.6 Å². The minimum absolute atomic E-state index is 0.0611. The minimum Gasteiger partial charge on any atom is -0.491 e. The van der Waals surface area contributed by atoms with Crippen LogP contribution in [-0.4, -0.2) is 17.1 Å². The molecular formula is C16H18N2O2. The average molecular weight is 270 g/mol. The van der Waals surface area contributed by atoms with E-state index in [0.717, 1.165) is 11.3 Å². The van der Waals surface area contributed by atoms with E-state index in [2.05, 4.69) is 19.2 Å². The number of amides is 1. The third-order valence-corrected chi connectivity index (χ3v) is 3.57. The van der Waals surface area contributed by atoms with Crippen LogP contribution in [0.1, 0.15) is 42.0 Å². The van der Waals surface area contributed by atoms with E-state index in [9.17, 15) is 4.79 Å². The number of hydrogen-bond donors (Lipinski definition) is 1. The molecule has 0 radical (unpaired) electrons. The van der Waals surface area contributed by atoms with Gasteiger partial charge in [-0.15, -0.1) is 0 Å². The van der Waals surface area contributed by atoms with Gasteiger partial charge in [-0.2, -0.15) is 0 Å². The Morgan fingerprint density at radius 3 is 2.90 bits per heavy atom. The van der Waals surface area contributed by atoms with Gasteiger partial charge < -0.3 is 14.6 Å². The topological polar surface area (TPSA) is 43.3 Å². The fraction of sp³-hybridized carbons (Fsp3) is 0.312. The second-order valence-corrected chi connectivity index (χ2v) is 5.27. The van der Waals surface area contributed by atoms with Gasteiger partial charge in [0.15, 0.2) is 0 Å². The lowest BCUT2D eigenvalue weighted by Gasteiger charge is -2.15. The summed E-state index contributed by atoms with van der Waals surface area (Å²) in [7, 11) is 0. The van der Waals surface area contributed by atoms with Gasteiger partial charge in [-0.25, -0.2) is 0 Å². The monoisotopic (exact) mass is 270 g/mol. The van der Waals surface area contributed by atoms with Crippen LogP contribution in [0.5, 0.6) is 5.75 Å². The molecular weight excluding hydrogens is 252 g/mol. The molecule has 4 nitrogen and oxygen atoms in total. The summed E-state index contributed by atoms with van der Waals surface area (Å²) in [6.45, 7) is 4.61. The Hall–Kier alpha value is -2.23. The van der Waals surface area contributed by atoms with Crippen LogP contribution >= 0.6 is 0 Å². The maximum Gasteiger partial charge on any atom is 0.268 e. The number of rotatable bonds is 3. The van der Waals surface area contributed by atoms with E-state index in [-0.39, 0.29) is 18.0 Å². The van der Waals surface area contributed by atoms with Crippen molar-refractivity contribution in [2.45, 2.75) is 25.9 Å². The second-order valence-electron chi connectivity index (χ2n) is 5.27. The number of fused-ring (bicyclic) bond motifs is 1. The lowest BCUT2D eigenvalue weighted by molar-refractivity contribution is 0.0919. The highest BCUT2D eigenvalue weighted by molar-refractivity contribution is 5.93. The van der Waals surface area contributed by atoms with Gasteiger partial charge in [0.05, 0.1) is 6.04 Å². The van der Waals surface area contributed by atoms with Gasteiger partial charge in [0.1, 0.15) is 18.1 Å². The van der Waals surface area contributed by atoms with E-state index >= 15 is 0 Å². The molecule has 20 heavy (non-hydrogen) atoms. The molecule has 1 N–H and O–H groups in total. The molecule has 1 aromatic carbocycles. The lowest BCUT2D eigenvalue weighted by atomic mass is 10.1. The number of benzene rings is 1. The van der Waals surface area contributed by atoms with E-state index in [1.165, 1.54) is 0 Å². The number of para-hydroxylation sites is 1. The Balaban J connectivity index is 1.79. The quantitative estimate of drug-likeness (QED) is 0.932. The maximum atomic E-state index is 12.4. The van der Waals surface area contributed by atoms with Crippen LogP contribution in [0.2, 0.25) is 0 Å². The van der Waals surface area contributed by atoms with Crippen molar-refractivity contribution in [3.63, 3.8) is 0 Å². The number of carbonyl (C=O) groups excluding carboxylic acids is 1. The maximum absolute atomic E-state index is 12.4. The van der Waals surface area contributed by atoms with Crippen molar-refractivity contribution >= 4 is 5.91 Å². The van der Waals surface area contributed by atoms with E-state index in [1.807, 2.05) is 47.2 Å².